The maximum Gasteiger partial charge on any atom is 0.282 e. The second-order valence-electron chi connectivity index (χ2n) is 5.90. The van der Waals surface area contributed by atoms with Crippen LogP contribution in [0.2, 0.25) is 0 Å². The number of nitrogens with zero attached hydrogens (tertiary/aromatic N) is 2. The number of carbonyl (C=O) groups is 1. The molecule has 1 aliphatic rings. The molecular formula is C15H22FN3O3S. The Balaban J connectivity index is 1.94. The molecule has 23 heavy (non-hydrogen) atoms. The van der Waals surface area contributed by atoms with Crippen LogP contribution in [0.1, 0.15) is 19.8 Å². The third-order valence-corrected chi connectivity index (χ3v) is 5.87. The van der Waals surface area contributed by atoms with Crippen molar-refractivity contribution in [2.45, 2.75) is 19.8 Å². The molecule has 1 aliphatic heterocycles. The molecule has 0 radical (unpaired) electrons. The molecule has 1 N–H and O–H groups in total. The van der Waals surface area contributed by atoms with Gasteiger partial charge in [-0.25, -0.2) is 4.39 Å². The number of nitrogens with one attached hydrogen (secondary N) is 1. The number of amides is 1. The number of piperidine rings is 1. The summed E-state index contributed by atoms with van der Waals surface area (Å²) in [5.41, 5.74) is 0.299. The average Bonchev–Trinajstić information content (AvgIpc) is 2.47. The first-order valence-corrected chi connectivity index (χ1v) is 8.95. The van der Waals surface area contributed by atoms with Crippen LogP contribution in [0.4, 0.5) is 10.1 Å². The van der Waals surface area contributed by atoms with E-state index >= 15 is 0 Å². The van der Waals surface area contributed by atoms with E-state index in [1.165, 1.54) is 29.6 Å². The quantitative estimate of drug-likeness (QED) is 0.884. The zero-order valence-corrected chi connectivity index (χ0v) is 14.1. The highest BCUT2D eigenvalue weighted by Crippen LogP contribution is 2.20. The van der Waals surface area contributed by atoms with E-state index in [0.29, 0.717) is 24.7 Å². The second kappa shape index (κ2) is 7.37. The van der Waals surface area contributed by atoms with Gasteiger partial charge in [-0.05, 0) is 37.0 Å². The molecule has 6 nitrogen and oxygen atoms in total. The van der Waals surface area contributed by atoms with Crippen LogP contribution >= 0.6 is 0 Å². The Bertz CT molecular complexity index is 658. The van der Waals surface area contributed by atoms with Crippen molar-refractivity contribution in [1.82, 2.24) is 8.61 Å². The first-order valence-electron chi connectivity index (χ1n) is 7.56. The topological polar surface area (TPSA) is 69.7 Å². The largest absolute Gasteiger partial charge is 0.325 e. The molecule has 0 atom stereocenters. The number of hydrogen-bond acceptors (Lipinski definition) is 3. The summed E-state index contributed by atoms with van der Waals surface area (Å²) in [6.45, 7) is 2.73. The van der Waals surface area contributed by atoms with E-state index in [1.807, 2.05) is 0 Å². The smallest absolute Gasteiger partial charge is 0.282 e. The number of benzene rings is 1. The lowest BCUT2D eigenvalue weighted by molar-refractivity contribution is -0.116. The Morgan fingerprint density at radius 1 is 1.39 bits per heavy atom. The number of carbonyl (C=O) groups excluding carboxylic acids is 1. The van der Waals surface area contributed by atoms with Crippen molar-refractivity contribution in [2.24, 2.45) is 5.92 Å². The molecule has 1 aromatic rings. The van der Waals surface area contributed by atoms with Gasteiger partial charge in [-0.2, -0.15) is 17.0 Å². The SMILES string of the molecule is CC1CCN(S(=O)(=O)N(C)CC(=O)Nc2cccc(F)c2)CC1. The molecule has 8 heteroatoms. The van der Waals surface area contributed by atoms with E-state index < -0.39 is 21.9 Å². The van der Waals surface area contributed by atoms with Crippen molar-refractivity contribution in [3.05, 3.63) is 30.1 Å². The predicted molar refractivity (Wildman–Crippen MR) is 86.6 cm³/mol. The van der Waals surface area contributed by atoms with Crippen LogP contribution in [0.3, 0.4) is 0 Å². The van der Waals surface area contributed by atoms with E-state index in [0.717, 1.165) is 17.1 Å². The molecule has 1 amide bonds. The summed E-state index contributed by atoms with van der Waals surface area (Å²) < 4.78 is 40.4. The normalized spacial score (nSPS) is 17.4. The standard InChI is InChI=1S/C15H22FN3O3S/c1-12-6-8-19(9-7-12)23(21,22)18(2)11-15(20)17-14-5-3-4-13(16)10-14/h3-5,10,12H,6-9,11H2,1-2H3,(H,17,20). The number of hydrogen-bond donors (Lipinski definition) is 1. The fourth-order valence-electron chi connectivity index (χ4n) is 2.46. The Hall–Kier alpha value is -1.51. The number of anilines is 1. The van der Waals surface area contributed by atoms with Gasteiger partial charge in [0.1, 0.15) is 5.82 Å². The highest BCUT2D eigenvalue weighted by atomic mass is 32.2. The van der Waals surface area contributed by atoms with Crippen LogP contribution in [0, 0.1) is 11.7 Å². The minimum Gasteiger partial charge on any atom is -0.325 e. The molecular weight excluding hydrogens is 321 g/mol. The summed E-state index contributed by atoms with van der Waals surface area (Å²) in [6.07, 6.45) is 1.64. The lowest BCUT2D eigenvalue weighted by Gasteiger charge is -2.32. The monoisotopic (exact) mass is 343 g/mol. The van der Waals surface area contributed by atoms with Gasteiger partial charge < -0.3 is 5.32 Å². The van der Waals surface area contributed by atoms with Crippen molar-refractivity contribution in [3.8, 4) is 0 Å². The molecule has 128 valence electrons. The third-order valence-electron chi connectivity index (χ3n) is 3.94. The number of halogens is 1. The van der Waals surface area contributed by atoms with Gasteiger partial charge in [0.25, 0.3) is 10.2 Å². The Kier molecular flexibility index (Phi) is 5.72. The summed E-state index contributed by atoms with van der Waals surface area (Å²) in [7, 11) is -2.28. The van der Waals surface area contributed by atoms with Gasteiger partial charge in [-0.1, -0.05) is 13.0 Å². The van der Waals surface area contributed by atoms with E-state index in [2.05, 4.69) is 12.2 Å². The van der Waals surface area contributed by atoms with E-state index in [4.69, 9.17) is 0 Å². The molecule has 0 unspecified atom stereocenters. The summed E-state index contributed by atoms with van der Waals surface area (Å²) >= 11 is 0. The minimum absolute atomic E-state index is 0.299. The Labute approximate surface area is 136 Å². The van der Waals surface area contributed by atoms with Gasteiger partial charge in [0.15, 0.2) is 0 Å². The van der Waals surface area contributed by atoms with Crippen molar-refractivity contribution >= 4 is 21.8 Å². The molecule has 1 heterocycles. The molecule has 0 spiro atoms. The molecule has 0 bridgehead atoms. The first-order chi connectivity index (χ1) is 10.8. The van der Waals surface area contributed by atoms with E-state index in [1.54, 1.807) is 6.07 Å². The van der Waals surface area contributed by atoms with Crippen LogP contribution in [-0.2, 0) is 15.0 Å². The van der Waals surface area contributed by atoms with Gasteiger partial charge in [0, 0.05) is 25.8 Å². The van der Waals surface area contributed by atoms with Crippen LogP contribution in [0.15, 0.2) is 24.3 Å². The fraction of sp³-hybridized carbons (Fsp3) is 0.533. The fourth-order valence-corrected chi connectivity index (χ4v) is 3.81. The number of likely N-dealkylation sites (N-methyl/N-ethyl adjacent to an activating group) is 1. The first kappa shape index (κ1) is 17.8. The predicted octanol–water partition coefficient (Wildman–Crippen LogP) is 1.67. The van der Waals surface area contributed by atoms with Crippen molar-refractivity contribution in [1.29, 1.82) is 0 Å². The molecule has 0 aliphatic carbocycles. The van der Waals surface area contributed by atoms with Crippen molar-refractivity contribution in [2.75, 3.05) is 32.0 Å². The molecule has 2 rings (SSSR count). The highest BCUT2D eigenvalue weighted by molar-refractivity contribution is 7.86. The zero-order valence-electron chi connectivity index (χ0n) is 13.3. The Morgan fingerprint density at radius 2 is 2.04 bits per heavy atom. The average molecular weight is 343 g/mol. The van der Waals surface area contributed by atoms with Crippen LogP contribution in [-0.4, -0.2) is 49.6 Å². The molecule has 1 aromatic carbocycles. The lowest BCUT2D eigenvalue weighted by Crippen LogP contribution is -2.47. The maximum absolute atomic E-state index is 13.1. The molecule has 1 fully saturated rings. The molecule has 1 saturated heterocycles. The van der Waals surface area contributed by atoms with E-state index in [-0.39, 0.29) is 6.54 Å². The van der Waals surface area contributed by atoms with Crippen molar-refractivity contribution < 1.29 is 17.6 Å². The summed E-state index contributed by atoms with van der Waals surface area (Å²) in [6, 6.07) is 5.46. The third kappa shape index (κ3) is 4.73. The zero-order chi connectivity index (χ0) is 17.0. The lowest BCUT2D eigenvalue weighted by atomic mass is 10.0. The van der Waals surface area contributed by atoms with Gasteiger partial charge >= 0.3 is 0 Å². The van der Waals surface area contributed by atoms with Gasteiger partial charge in [-0.15, -0.1) is 0 Å². The minimum atomic E-state index is -3.65. The second-order valence-corrected chi connectivity index (χ2v) is 7.94. The molecule has 0 saturated carbocycles. The number of rotatable bonds is 5. The van der Waals surface area contributed by atoms with E-state index in [9.17, 15) is 17.6 Å². The van der Waals surface area contributed by atoms with Crippen LogP contribution in [0.25, 0.3) is 0 Å². The summed E-state index contributed by atoms with van der Waals surface area (Å²) in [4.78, 5) is 12.0. The van der Waals surface area contributed by atoms with Crippen molar-refractivity contribution in [3.63, 3.8) is 0 Å². The Morgan fingerprint density at radius 3 is 2.65 bits per heavy atom. The van der Waals surface area contributed by atoms with Crippen LogP contribution < -0.4 is 5.32 Å². The van der Waals surface area contributed by atoms with Crippen LogP contribution in [0.5, 0.6) is 0 Å². The molecule has 0 aromatic heterocycles. The highest BCUT2D eigenvalue weighted by Gasteiger charge is 2.30. The maximum atomic E-state index is 13.1. The van der Waals surface area contributed by atoms with Gasteiger partial charge in [0.2, 0.25) is 5.91 Å². The van der Waals surface area contributed by atoms with Gasteiger partial charge in [-0.3, -0.25) is 4.79 Å². The van der Waals surface area contributed by atoms with Gasteiger partial charge in [0.05, 0.1) is 6.54 Å². The summed E-state index contributed by atoms with van der Waals surface area (Å²) in [5, 5.41) is 2.49. The summed E-state index contributed by atoms with van der Waals surface area (Å²) in [5.74, 6) is -0.457.